The van der Waals surface area contributed by atoms with E-state index in [1.807, 2.05) is 97.9 Å². The first kappa shape index (κ1) is 18.9. The molecule has 2 unspecified atom stereocenters. The zero-order chi connectivity index (χ0) is 20.3. The molecule has 1 N–H and O–H groups in total. The van der Waals surface area contributed by atoms with Crippen molar-refractivity contribution in [2.75, 3.05) is 0 Å². The smallest absolute Gasteiger partial charge is 0.251 e. The molecular formula is C25H24N2O2. The molecule has 0 radical (unpaired) electrons. The van der Waals surface area contributed by atoms with Crippen molar-refractivity contribution in [3.63, 3.8) is 0 Å². The van der Waals surface area contributed by atoms with Gasteiger partial charge >= 0.3 is 0 Å². The van der Waals surface area contributed by atoms with Crippen molar-refractivity contribution in [3.05, 3.63) is 108 Å². The van der Waals surface area contributed by atoms with Crippen molar-refractivity contribution in [1.82, 2.24) is 10.2 Å². The molecule has 4 heteroatoms. The zero-order valence-electron chi connectivity index (χ0n) is 16.4. The summed E-state index contributed by atoms with van der Waals surface area (Å²) in [5, 5.41) is 2.99. The van der Waals surface area contributed by atoms with E-state index in [1.165, 1.54) is 0 Å². The third kappa shape index (κ3) is 3.66. The second kappa shape index (κ2) is 7.92. The van der Waals surface area contributed by atoms with Gasteiger partial charge in [0.15, 0.2) is 0 Å². The average Bonchev–Trinajstić information content (AvgIpc) is 2.77. The van der Waals surface area contributed by atoms with Crippen LogP contribution in [0.3, 0.4) is 0 Å². The van der Waals surface area contributed by atoms with Crippen LogP contribution < -0.4 is 5.32 Å². The Labute approximate surface area is 171 Å². The molecule has 3 aromatic carbocycles. The van der Waals surface area contributed by atoms with Crippen LogP contribution in [0.1, 0.15) is 23.6 Å². The quantitative estimate of drug-likeness (QED) is 0.730. The Morgan fingerprint density at radius 3 is 1.90 bits per heavy atom. The fourth-order valence-electron chi connectivity index (χ4n) is 3.93. The number of piperazine rings is 1. The van der Waals surface area contributed by atoms with Gasteiger partial charge in [0.05, 0.1) is 0 Å². The van der Waals surface area contributed by atoms with Gasteiger partial charge in [0.1, 0.15) is 11.6 Å². The molecule has 0 aliphatic carbocycles. The molecule has 1 aliphatic heterocycles. The maximum absolute atomic E-state index is 13.6. The van der Waals surface area contributed by atoms with E-state index in [0.717, 1.165) is 16.7 Å². The first-order valence-electron chi connectivity index (χ1n) is 9.85. The lowest BCUT2D eigenvalue weighted by atomic mass is 9.84. The van der Waals surface area contributed by atoms with Crippen molar-refractivity contribution in [2.45, 2.75) is 31.5 Å². The Morgan fingerprint density at radius 2 is 1.31 bits per heavy atom. The molecule has 146 valence electrons. The van der Waals surface area contributed by atoms with Crippen molar-refractivity contribution in [1.29, 1.82) is 0 Å². The Balaban J connectivity index is 1.72. The van der Waals surface area contributed by atoms with Gasteiger partial charge in [0, 0.05) is 13.0 Å². The highest BCUT2D eigenvalue weighted by atomic mass is 16.2. The summed E-state index contributed by atoms with van der Waals surface area (Å²) in [5.74, 6) is -0.219. The zero-order valence-corrected chi connectivity index (χ0v) is 16.4. The monoisotopic (exact) mass is 384 g/mol. The van der Waals surface area contributed by atoms with E-state index in [9.17, 15) is 9.59 Å². The Hall–Kier alpha value is -3.40. The standard InChI is InChI=1S/C25H24N2O2/c1-25(21-15-9-4-10-16-21)24(29)26-22(17-19-11-5-2-6-12-19)23(28)27(25)18-20-13-7-3-8-14-20/h2-16,22H,17-18H2,1H3,(H,26,29). The molecule has 4 nitrogen and oxygen atoms in total. The first-order chi connectivity index (χ1) is 14.1. The minimum Gasteiger partial charge on any atom is -0.342 e. The molecule has 0 bridgehead atoms. The van der Waals surface area contributed by atoms with E-state index in [1.54, 1.807) is 4.90 Å². The highest BCUT2D eigenvalue weighted by Crippen LogP contribution is 2.34. The van der Waals surface area contributed by atoms with E-state index in [2.05, 4.69) is 5.32 Å². The maximum Gasteiger partial charge on any atom is 0.251 e. The number of hydrogen-bond acceptors (Lipinski definition) is 2. The Morgan fingerprint density at radius 1 is 0.793 bits per heavy atom. The number of nitrogens with one attached hydrogen (secondary N) is 1. The molecule has 29 heavy (non-hydrogen) atoms. The van der Waals surface area contributed by atoms with Gasteiger partial charge in [-0.15, -0.1) is 0 Å². The third-order valence-electron chi connectivity index (χ3n) is 5.65. The predicted octanol–water partition coefficient (Wildman–Crippen LogP) is 3.67. The van der Waals surface area contributed by atoms with E-state index >= 15 is 0 Å². The van der Waals surface area contributed by atoms with Crippen LogP contribution in [0.4, 0.5) is 0 Å². The first-order valence-corrected chi connectivity index (χ1v) is 9.85. The molecule has 2 amide bonds. The molecule has 1 fully saturated rings. The molecule has 3 aromatic rings. The van der Waals surface area contributed by atoms with Crippen LogP contribution in [0, 0.1) is 0 Å². The highest BCUT2D eigenvalue weighted by Gasteiger charge is 2.50. The van der Waals surface area contributed by atoms with Crippen LogP contribution in [0.15, 0.2) is 91.0 Å². The summed E-state index contributed by atoms with van der Waals surface area (Å²) in [4.78, 5) is 28.7. The highest BCUT2D eigenvalue weighted by molar-refractivity contribution is 6.00. The summed E-state index contributed by atoms with van der Waals surface area (Å²) >= 11 is 0. The van der Waals surface area contributed by atoms with Crippen LogP contribution in [-0.4, -0.2) is 22.8 Å². The van der Waals surface area contributed by atoms with Gasteiger partial charge in [0.2, 0.25) is 5.91 Å². The molecule has 0 aromatic heterocycles. The Kier molecular flexibility index (Phi) is 5.17. The SMILES string of the molecule is CC1(c2ccccc2)C(=O)NC(Cc2ccccc2)C(=O)N1Cc1ccccc1. The minimum absolute atomic E-state index is 0.0661. The molecule has 1 aliphatic rings. The normalized spacial score (nSPS) is 21.7. The number of nitrogens with zero attached hydrogens (tertiary/aromatic N) is 1. The summed E-state index contributed by atoms with van der Waals surface area (Å²) in [5.41, 5.74) is 1.76. The van der Waals surface area contributed by atoms with Crippen molar-refractivity contribution < 1.29 is 9.59 Å². The molecule has 1 saturated heterocycles. The van der Waals surface area contributed by atoms with Gasteiger partial charge < -0.3 is 10.2 Å². The fraction of sp³-hybridized carbons (Fsp3) is 0.200. The largest absolute Gasteiger partial charge is 0.342 e. The lowest BCUT2D eigenvalue weighted by Gasteiger charge is -2.46. The van der Waals surface area contributed by atoms with Crippen LogP contribution in [0.25, 0.3) is 0 Å². The molecule has 0 saturated carbocycles. The summed E-state index contributed by atoms with van der Waals surface area (Å²) in [6.45, 7) is 2.21. The summed E-state index contributed by atoms with van der Waals surface area (Å²) in [6.07, 6.45) is 0.474. The fourth-order valence-corrected chi connectivity index (χ4v) is 3.93. The van der Waals surface area contributed by atoms with Crippen LogP contribution in [-0.2, 0) is 28.1 Å². The lowest BCUT2D eigenvalue weighted by molar-refractivity contribution is -0.158. The van der Waals surface area contributed by atoms with E-state index in [4.69, 9.17) is 0 Å². The van der Waals surface area contributed by atoms with Gasteiger partial charge in [0.25, 0.3) is 5.91 Å². The number of hydrogen-bond donors (Lipinski definition) is 1. The second-order valence-corrected chi connectivity index (χ2v) is 7.56. The number of rotatable bonds is 5. The molecular weight excluding hydrogens is 360 g/mol. The minimum atomic E-state index is -1.07. The molecule has 2 atom stereocenters. The van der Waals surface area contributed by atoms with Crippen molar-refractivity contribution in [2.24, 2.45) is 0 Å². The third-order valence-corrected chi connectivity index (χ3v) is 5.65. The van der Waals surface area contributed by atoms with Gasteiger partial charge in [-0.2, -0.15) is 0 Å². The number of carbonyl (C=O) groups is 2. The summed E-state index contributed by atoms with van der Waals surface area (Å²) < 4.78 is 0. The Bertz CT molecular complexity index is 989. The van der Waals surface area contributed by atoms with E-state index < -0.39 is 11.6 Å². The number of carbonyl (C=O) groups excluding carboxylic acids is 2. The topological polar surface area (TPSA) is 49.4 Å². The van der Waals surface area contributed by atoms with Crippen LogP contribution >= 0.6 is 0 Å². The van der Waals surface area contributed by atoms with Crippen LogP contribution in [0.5, 0.6) is 0 Å². The van der Waals surface area contributed by atoms with Gasteiger partial charge in [-0.1, -0.05) is 91.0 Å². The molecule has 1 heterocycles. The predicted molar refractivity (Wildman–Crippen MR) is 113 cm³/mol. The number of benzene rings is 3. The molecule has 0 spiro atoms. The summed E-state index contributed by atoms with van der Waals surface area (Å²) in [6, 6.07) is 28.5. The molecule has 4 rings (SSSR count). The van der Waals surface area contributed by atoms with Gasteiger partial charge in [-0.05, 0) is 23.6 Å². The van der Waals surface area contributed by atoms with Crippen molar-refractivity contribution in [3.8, 4) is 0 Å². The van der Waals surface area contributed by atoms with E-state index in [0.29, 0.717) is 13.0 Å². The average molecular weight is 384 g/mol. The van der Waals surface area contributed by atoms with Gasteiger partial charge in [-0.25, -0.2) is 0 Å². The van der Waals surface area contributed by atoms with Crippen LogP contribution in [0.2, 0.25) is 0 Å². The van der Waals surface area contributed by atoms with Crippen molar-refractivity contribution >= 4 is 11.8 Å². The number of amides is 2. The lowest BCUT2D eigenvalue weighted by Crippen LogP contribution is -2.67. The maximum atomic E-state index is 13.6. The van der Waals surface area contributed by atoms with E-state index in [-0.39, 0.29) is 11.8 Å². The second-order valence-electron chi connectivity index (χ2n) is 7.56. The van der Waals surface area contributed by atoms with Gasteiger partial charge in [-0.3, -0.25) is 9.59 Å². The summed E-state index contributed by atoms with van der Waals surface area (Å²) in [7, 11) is 0.